The standard InChI is InChI=1S/C16H21NO/c1-13(7-6-12-17-2)18-16-11-5-9-14-8-3-4-10-15(14)16/h3-5,8-11,13,17H,6-7,12H2,1-2H3. The summed E-state index contributed by atoms with van der Waals surface area (Å²) < 4.78 is 6.05. The summed E-state index contributed by atoms with van der Waals surface area (Å²) in [6.07, 6.45) is 2.47. The zero-order valence-electron chi connectivity index (χ0n) is 11.1. The van der Waals surface area contributed by atoms with Gasteiger partial charge >= 0.3 is 0 Å². The van der Waals surface area contributed by atoms with E-state index in [9.17, 15) is 0 Å². The van der Waals surface area contributed by atoms with Gasteiger partial charge in [-0.1, -0.05) is 36.4 Å². The normalized spacial score (nSPS) is 12.6. The average Bonchev–Trinajstić information content (AvgIpc) is 2.39. The Morgan fingerprint density at radius 1 is 1.11 bits per heavy atom. The van der Waals surface area contributed by atoms with Crippen LogP contribution in [0.25, 0.3) is 10.8 Å². The minimum atomic E-state index is 0.254. The lowest BCUT2D eigenvalue weighted by atomic mass is 10.1. The van der Waals surface area contributed by atoms with Crippen molar-refractivity contribution in [2.24, 2.45) is 0 Å². The van der Waals surface area contributed by atoms with Gasteiger partial charge in [-0.05, 0) is 44.8 Å². The molecule has 0 aliphatic rings. The predicted molar refractivity (Wildman–Crippen MR) is 77.2 cm³/mol. The minimum absolute atomic E-state index is 0.254. The molecule has 96 valence electrons. The number of rotatable bonds is 6. The van der Waals surface area contributed by atoms with Crippen LogP contribution in [-0.2, 0) is 0 Å². The Morgan fingerprint density at radius 3 is 2.72 bits per heavy atom. The van der Waals surface area contributed by atoms with E-state index in [1.54, 1.807) is 0 Å². The summed E-state index contributed by atoms with van der Waals surface area (Å²) in [7, 11) is 1.98. The number of ether oxygens (including phenoxy) is 1. The summed E-state index contributed by atoms with van der Waals surface area (Å²) >= 11 is 0. The number of nitrogens with one attached hydrogen (secondary N) is 1. The van der Waals surface area contributed by atoms with Crippen LogP contribution in [0, 0.1) is 0 Å². The summed E-state index contributed by atoms with van der Waals surface area (Å²) in [5.74, 6) is 0.991. The zero-order valence-corrected chi connectivity index (χ0v) is 11.1. The molecule has 2 heteroatoms. The molecule has 2 rings (SSSR count). The molecule has 0 aromatic heterocycles. The summed E-state index contributed by atoms with van der Waals surface area (Å²) in [5, 5.41) is 5.59. The van der Waals surface area contributed by atoms with Gasteiger partial charge in [0.25, 0.3) is 0 Å². The first kappa shape index (κ1) is 12.9. The van der Waals surface area contributed by atoms with E-state index in [0.717, 1.165) is 25.1 Å². The smallest absolute Gasteiger partial charge is 0.127 e. The zero-order chi connectivity index (χ0) is 12.8. The van der Waals surface area contributed by atoms with E-state index in [0.29, 0.717) is 0 Å². The van der Waals surface area contributed by atoms with Crippen molar-refractivity contribution in [2.45, 2.75) is 25.9 Å². The van der Waals surface area contributed by atoms with E-state index in [1.165, 1.54) is 10.8 Å². The average molecular weight is 243 g/mol. The Balaban J connectivity index is 2.07. The quantitative estimate of drug-likeness (QED) is 0.783. The number of hydrogen-bond donors (Lipinski definition) is 1. The number of hydrogen-bond acceptors (Lipinski definition) is 2. The van der Waals surface area contributed by atoms with Crippen molar-refractivity contribution in [3.63, 3.8) is 0 Å². The fraction of sp³-hybridized carbons (Fsp3) is 0.375. The highest BCUT2D eigenvalue weighted by molar-refractivity contribution is 5.88. The maximum atomic E-state index is 6.05. The van der Waals surface area contributed by atoms with Crippen molar-refractivity contribution in [3.05, 3.63) is 42.5 Å². The van der Waals surface area contributed by atoms with Crippen molar-refractivity contribution in [1.29, 1.82) is 0 Å². The SMILES string of the molecule is CNCCCC(C)Oc1cccc2ccccc12. The maximum Gasteiger partial charge on any atom is 0.127 e. The Morgan fingerprint density at radius 2 is 1.89 bits per heavy atom. The highest BCUT2D eigenvalue weighted by Gasteiger charge is 2.06. The third kappa shape index (κ3) is 3.23. The first-order valence-corrected chi connectivity index (χ1v) is 6.60. The topological polar surface area (TPSA) is 21.3 Å². The van der Waals surface area contributed by atoms with Crippen LogP contribution >= 0.6 is 0 Å². The lowest BCUT2D eigenvalue weighted by Crippen LogP contribution is -2.15. The molecule has 18 heavy (non-hydrogen) atoms. The van der Waals surface area contributed by atoms with Gasteiger partial charge in [0, 0.05) is 5.39 Å². The van der Waals surface area contributed by atoms with Gasteiger partial charge in [0.2, 0.25) is 0 Å². The molecular weight excluding hydrogens is 222 g/mol. The molecule has 0 amide bonds. The Hall–Kier alpha value is -1.54. The molecule has 0 saturated carbocycles. The summed E-state index contributed by atoms with van der Waals surface area (Å²) in [4.78, 5) is 0. The van der Waals surface area contributed by atoms with Crippen LogP contribution < -0.4 is 10.1 Å². The molecule has 1 atom stereocenters. The van der Waals surface area contributed by atoms with Crippen LogP contribution in [0.1, 0.15) is 19.8 Å². The molecule has 0 aliphatic heterocycles. The molecular formula is C16H21NO. The van der Waals surface area contributed by atoms with Gasteiger partial charge < -0.3 is 10.1 Å². The summed E-state index contributed by atoms with van der Waals surface area (Å²) in [6, 6.07) is 14.6. The van der Waals surface area contributed by atoms with E-state index in [2.05, 4.69) is 54.7 Å². The second kappa shape index (κ2) is 6.41. The molecule has 0 heterocycles. The molecule has 0 spiro atoms. The fourth-order valence-corrected chi connectivity index (χ4v) is 2.14. The van der Waals surface area contributed by atoms with Crippen LogP contribution in [0.3, 0.4) is 0 Å². The Bertz CT molecular complexity index is 490. The molecule has 0 fully saturated rings. The second-order valence-corrected chi connectivity index (χ2v) is 4.65. The van der Waals surface area contributed by atoms with E-state index < -0.39 is 0 Å². The van der Waals surface area contributed by atoms with Gasteiger partial charge in [-0.25, -0.2) is 0 Å². The lowest BCUT2D eigenvalue weighted by Gasteiger charge is -2.16. The summed E-state index contributed by atoms with van der Waals surface area (Å²) in [6.45, 7) is 3.18. The first-order valence-electron chi connectivity index (χ1n) is 6.60. The van der Waals surface area contributed by atoms with Gasteiger partial charge in [-0.15, -0.1) is 0 Å². The van der Waals surface area contributed by atoms with E-state index >= 15 is 0 Å². The fourth-order valence-electron chi connectivity index (χ4n) is 2.14. The van der Waals surface area contributed by atoms with Gasteiger partial charge in [0.15, 0.2) is 0 Å². The second-order valence-electron chi connectivity index (χ2n) is 4.65. The third-order valence-electron chi connectivity index (χ3n) is 3.12. The Labute approximate surface area is 109 Å². The van der Waals surface area contributed by atoms with E-state index in [-0.39, 0.29) is 6.10 Å². The van der Waals surface area contributed by atoms with Crippen molar-refractivity contribution in [3.8, 4) is 5.75 Å². The molecule has 2 nitrogen and oxygen atoms in total. The molecule has 0 saturated heterocycles. The van der Waals surface area contributed by atoms with Crippen LogP contribution in [0.15, 0.2) is 42.5 Å². The van der Waals surface area contributed by atoms with Crippen LogP contribution in [0.5, 0.6) is 5.75 Å². The largest absolute Gasteiger partial charge is 0.490 e. The minimum Gasteiger partial charge on any atom is -0.490 e. The predicted octanol–water partition coefficient (Wildman–Crippen LogP) is 3.61. The van der Waals surface area contributed by atoms with Gasteiger partial charge in [-0.3, -0.25) is 0 Å². The monoisotopic (exact) mass is 243 g/mol. The molecule has 0 bridgehead atoms. The van der Waals surface area contributed by atoms with E-state index in [4.69, 9.17) is 4.74 Å². The van der Waals surface area contributed by atoms with Crippen LogP contribution in [0.2, 0.25) is 0 Å². The van der Waals surface area contributed by atoms with Crippen molar-refractivity contribution in [1.82, 2.24) is 5.32 Å². The van der Waals surface area contributed by atoms with Crippen LogP contribution in [-0.4, -0.2) is 19.7 Å². The highest BCUT2D eigenvalue weighted by Crippen LogP contribution is 2.26. The Kier molecular flexibility index (Phi) is 4.59. The van der Waals surface area contributed by atoms with Crippen molar-refractivity contribution < 1.29 is 4.74 Å². The highest BCUT2D eigenvalue weighted by atomic mass is 16.5. The molecule has 1 unspecified atom stereocenters. The number of fused-ring (bicyclic) bond motifs is 1. The molecule has 0 radical (unpaired) electrons. The van der Waals surface area contributed by atoms with Gasteiger partial charge in [0.1, 0.15) is 5.75 Å². The molecule has 0 aliphatic carbocycles. The van der Waals surface area contributed by atoms with Crippen molar-refractivity contribution >= 4 is 10.8 Å². The van der Waals surface area contributed by atoms with Crippen molar-refractivity contribution in [2.75, 3.05) is 13.6 Å². The van der Waals surface area contributed by atoms with Gasteiger partial charge in [-0.2, -0.15) is 0 Å². The number of benzene rings is 2. The molecule has 1 N–H and O–H groups in total. The third-order valence-corrected chi connectivity index (χ3v) is 3.12. The summed E-state index contributed by atoms with van der Waals surface area (Å²) in [5.41, 5.74) is 0. The van der Waals surface area contributed by atoms with Gasteiger partial charge in [0.05, 0.1) is 6.10 Å². The maximum absolute atomic E-state index is 6.05. The molecule has 2 aromatic rings. The van der Waals surface area contributed by atoms with E-state index in [1.807, 2.05) is 7.05 Å². The lowest BCUT2D eigenvalue weighted by molar-refractivity contribution is 0.210. The van der Waals surface area contributed by atoms with Crippen LogP contribution in [0.4, 0.5) is 0 Å². The molecule has 2 aromatic carbocycles. The first-order chi connectivity index (χ1) is 8.81.